The molecule has 0 amide bonds. The number of anilines is 1. The van der Waals surface area contributed by atoms with Crippen LogP contribution in [0, 0.1) is 0 Å². The standard InChI is InChI=1S/C8H13N3O2/c1-3-4-11-7(9)6(5-10-11)8(12)13-2/h5H,3-4,9H2,1-2H3. The van der Waals surface area contributed by atoms with Gasteiger partial charge in [-0.05, 0) is 6.42 Å². The Kier molecular flexibility index (Phi) is 2.89. The first-order valence-corrected chi connectivity index (χ1v) is 4.10. The summed E-state index contributed by atoms with van der Waals surface area (Å²) < 4.78 is 6.13. The fourth-order valence-corrected chi connectivity index (χ4v) is 1.05. The number of methoxy groups -OCH3 is 1. The number of hydrogen-bond donors (Lipinski definition) is 1. The van der Waals surface area contributed by atoms with Crippen molar-refractivity contribution in [2.24, 2.45) is 0 Å². The number of aryl methyl sites for hydroxylation is 1. The van der Waals surface area contributed by atoms with Gasteiger partial charge in [0.15, 0.2) is 0 Å². The van der Waals surface area contributed by atoms with Crippen LogP contribution in [0.15, 0.2) is 6.20 Å². The third-order valence-electron chi connectivity index (χ3n) is 1.72. The number of ether oxygens (including phenoxy) is 1. The van der Waals surface area contributed by atoms with Gasteiger partial charge in [-0.3, -0.25) is 0 Å². The van der Waals surface area contributed by atoms with E-state index in [9.17, 15) is 4.79 Å². The fourth-order valence-electron chi connectivity index (χ4n) is 1.05. The number of aromatic nitrogens is 2. The van der Waals surface area contributed by atoms with E-state index in [1.807, 2.05) is 6.92 Å². The molecule has 5 heteroatoms. The van der Waals surface area contributed by atoms with Crippen LogP contribution in [0.5, 0.6) is 0 Å². The van der Waals surface area contributed by atoms with Crippen LogP contribution in [0.25, 0.3) is 0 Å². The first-order chi connectivity index (χ1) is 6.20. The molecule has 0 atom stereocenters. The number of rotatable bonds is 3. The number of nitrogens with two attached hydrogens (primary N) is 1. The van der Waals surface area contributed by atoms with Gasteiger partial charge in [0.25, 0.3) is 0 Å². The van der Waals surface area contributed by atoms with Gasteiger partial charge in [-0.25, -0.2) is 9.48 Å². The molecule has 0 saturated heterocycles. The van der Waals surface area contributed by atoms with Crippen molar-refractivity contribution in [1.82, 2.24) is 9.78 Å². The highest BCUT2D eigenvalue weighted by molar-refractivity contribution is 5.93. The molecule has 1 aromatic rings. The summed E-state index contributed by atoms with van der Waals surface area (Å²) in [5.41, 5.74) is 6.00. The van der Waals surface area contributed by atoms with Crippen LogP contribution < -0.4 is 5.73 Å². The number of nitrogen functional groups attached to an aromatic ring is 1. The summed E-state index contributed by atoms with van der Waals surface area (Å²) in [5, 5.41) is 3.97. The van der Waals surface area contributed by atoms with Crippen molar-refractivity contribution in [2.45, 2.75) is 19.9 Å². The molecule has 0 aliphatic carbocycles. The highest BCUT2D eigenvalue weighted by atomic mass is 16.5. The van der Waals surface area contributed by atoms with E-state index in [1.54, 1.807) is 4.68 Å². The minimum absolute atomic E-state index is 0.330. The van der Waals surface area contributed by atoms with Crippen LogP contribution in [0.2, 0.25) is 0 Å². The average molecular weight is 183 g/mol. The van der Waals surface area contributed by atoms with E-state index in [0.29, 0.717) is 17.9 Å². The lowest BCUT2D eigenvalue weighted by Gasteiger charge is -2.01. The van der Waals surface area contributed by atoms with Crippen molar-refractivity contribution in [2.75, 3.05) is 12.8 Å². The van der Waals surface area contributed by atoms with Gasteiger partial charge < -0.3 is 10.5 Å². The number of carbonyl (C=O) groups excluding carboxylic acids is 1. The van der Waals surface area contributed by atoms with Gasteiger partial charge in [-0.15, -0.1) is 0 Å². The van der Waals surface area contributed by atoms with E-state index < -0.39 is 5.97 Å². The van der Waals surface area contributed by atoms with Gasteiger partial charge in [0.2, 0.25) is 0 Å². The predicted octanol–water partition coefficient (Wildman–Crippen LogP) is 0.662. The smallest absolute Gasteiger partial charge is 0.343 e. The molecule has 0 fully saturated rings. The summed E-state index contributed by atoms with van der Waals surface area (Å²) in [7, 11) is 1.32. The van der Waals surface area contributed by atoms with Crippen LogP contribution in [0.4, 0.5) is 5.82 Å². The maximum Gasteiger partial charge on any atom is 0.343 e. The van der Waals surface area contributed by atoms with Crippen molar-refractivity contribution in [3.8, 4) is 0 Å². The van der Waals surface area contributed by atoms with E-state index in [0.717, 1.165) is 6.42 Å². The molecule has 72 valence electrons. The molecule has 0 aliphatic rings. The normalized spacial score (nSPS) is 10.0. The second kappa shape index (κ2) is 3.93. The van der Waals surface area contributed by atoms with E-state index in [1.165, 1.54) is 13.3 Å². The highest BCUT2D eigenvalue weighted by Gasteiger charge is 2.14. The quantitative estimate of drug-likeness (QED) is 0.699. The highest BCUT2D eigenvalue weighted by Crippen LogP contribution is 2.12. The number of carbonyl (C=O) groups is 1. The lowest BCUT2D eigenvalue weighted by atomic mass is 10.3. The van der Waals surface area contributed by atoms with Crippen molar-refractivity contribution < 1.29 is 9.53 Å². The van der Waals surface area contributed by atoms with Gasteiger partial charge in [0.05, 0.1) is 13.3 Å². The van der Waals surface area contributed by atoms with Gasteiger partial charge in [0.1, 0.15) is 11.4 Å². The second-order valence-corrected chi connectivity index (χ2v) is 2.66. The van der Waals surface area contributed by atoms with E-state index >= 15 is 0 Å². The molecule has 0 aliphatic heterocycles. The second-order valence-electron chi connectivity index (χ2n) is 2.66. The Labute approximate surface area is 76.5 Å². The molecule has 0 aromatic carbocycles. The molecule has 1 rings (SSSR count). The van der Waals surface area contributed by atoms with Crippen LogP contribution >= 0.6 is 0 Å². The Morgan fingerprint density at radius 2 is 2.46 bits per heavy atom. The summed E-state index contributed by atoms with van der Waals surface area (Å²) in [5.74, 6) is -0.0754. The van der Waals surface area contributed by atoms with Crippen LogP contribution in [-0.2, 0) is 11.3 Å². The Morgan fingerprint density at radius 1 is 1.77 bits per heavy atom. The molecule has 0 unspecified atom stereocenters. The summed E-state index contributed by atoms with van der Waals surface area (Å²) in [6.45, 7) is 2.72. The molecule has 0 bridgehead atoms. The Bertz CT molecular complexity index is 306. The topological polar surface area (TPSA) is 70.1 Å². The molecule has 13 heavy (non-hydrogen) atoms. The first kappa shape index (κ1) is 9.57. The minimum Gasteiger partial charge on any atom is -0.465 e. The van der Waals surface area contributed by atoms with Crippen LogP contribution in [0.1, 0.15) is 23.7 Å². The van der Waals surface area contributed by atoms with Crippen molar-refractivity contribution in [1.29, 1.82) is 0 Å². The van der Waals surface area contributed by atoms with Crippen LogP contribution in [0.3, 0.4) is 0 Å². The number of hydrogen-bond acceptors (Lipinski definition) is 4. The molecule has 0 spiro atoms. The molecule has 0 saturated carbocycles. The molecule has 5 nitrogen and oxygen atoms in total. The zero-order valence-electron chi connectivity index (χ0n) is 7.78. The zero-order chi connectivity index (χ0) is 9.84. The first-order valence-electron chi connectivity index (χ1n) is 4.10. The van der Waals surface area contributed by atoms with E-state index in [-0.39, 0.29) is 0 Å². The zero-order valence-corrected chi connectivity index (χ0v) is 7.78. The lowest BCUT2D eigenvalue weighted by molar-refractivity contribution is 0.0602. The SMILES string of the molecule is CCCn1ncc(C(=O)OC)c1N. The average Bonchev–Trinajstić information content (AvgIpc) is 2.48. The van der Waals surface area contributed by atoms with Crippen LogP contribution in [-0.4, -0.2) is 22.9 Å². The summed E-state index contributed by atoms with van der Waals surface area (Å²) in [6.07, 6.45) is 2.35. The Morgan fingerprint density at radius 3 is 3.00 bits per heavy atom. The van der Waals surface area contributed by atoms with Crippen molar-refractivity contribution in [3.05, 3.63) is 11.8 Å². The van der Waals surface area contributed by atoms with Gasteiger partial charge in [0, 0.05) is 6.54 Å². The Balaban J connectivity index is 2.92. The maximum absolute atomic E-state index is 11.1. The summed E-state index contributed by atoms with van der Waals surface area (Å²) in [6, 6.07) is 0. The van der Waals surface area contributed by atoms with Crippen molar-refractivity contribution >= 4 is 11.8 Å². The van der Waals surface area contributed by atoms with Gasteiger partial charge in [-0.2, -0.15) is 5.10 Å². The third kappa shape index (κ3) is 1.80. The fraction of sp³-hybridized carbons (Fsp3) is 0.500. The largest absolute Gasteiger partial charge is 0.465 e. The van der Waals surface area contributed by atoms with E-state index in [4.69, 9.17) is 5.73 Å². The molecular weight excluding hydrogens is 170 g/mol. The van der Waals surface area contributed by atoms with Gasteiger partial charge in [-0.1, -0.05) is 6.92 Å². The third-order valence-corrected chi connectivity index (χ3v) is 1.72. The van der Waals surface area contributed by atoms with E-state index in [2.05, 4.69) is 9.84 Å². The summed E-state index contributed by atoms with van der Waals surface area (Å²) >= 11 is 0. The molecule has 2 N–H and O–H groups in total. The van der Waals surface area contributed by atoms with Gasteiger partial charge >= 0.3 is 5.97 Å². The predicted molar refractivity (Wildman–Crippen MR) is 48.3 cm³/mol. The molecule has 0 radical (unpaired) electrons. The minimum atomic E-state index is -0.445. The molecule has 1 aromatic heterocycles. The number of esters is 1. The molecular formula is C8H13N3O2. The lowest BCUT2D eigenvalue weighted by Crippen LogP contribution is -2.08. The molecule has 1 heterocycles. The van der Waals surface area contributed by atoms with Crippen molar-refractivity contribution in [3.63, 3.8) is 0 Å². The maximum atomic E-state index is 11.1. The number of nitrogens with zero attached hydrogens (tertiary/aromatic N) is 2. The summed E-state index contributed by atoms with van der Waals surface area (Å²) in [4.78, 5) is 11.1. The Hall–Kier alpha value is -1.52. The monoisotopic (exact) mass is 183 g/mol.